The second-order valence-electron chi connectivity index (χ2n) is 3.29. The summed E-state index contributed by atoms with van der Waals surface area (Å²) in [6, 6.07) is 5.28. The van der Waals surface area contributed by atoms with Crippen LogP contribution in [0.15, 0.2) is 30.6 Å². The molecule has 1 aromatic carbocycles. The Bertz CT molecular complexity index is 496. The number of para-hydroxylation sites is 1. The zero-order valence-electron chi connectivity index (χ0n) is 8.85. The van der Waals surface area contributed by atoms with Gasteiger partial charge in [0.25, 0.3) is 0 Å². The smallest absolute Gasteiger partial charge is 0.165 e. The summed E-state index contributed by atoms with van der Waals surface area (Å²) in [4.78, 5) is 0. The number of ether oxygens (including phenoxy) is 1. The number of rotatable bonds is 3. The maximum atomic E-state index is 5.89. The van der Waals surface area contributed by atoms with Crippen molar-refractivity contribution < 1.29 is 4.74 Å². The predicted octanol–water partition coefficient (Wildman–Crippen LogP) is 2.93. The minimum Gasteiger partial charge on any atom is -0.452 e. The quantitative estimate of drug-likeness (QED) is 0.835. The highest BCUT2D eigenvalue weighted by Gasteiger charge is 2.06. The third-order valence-corrected chi connectivity index (χ3v) is 2.50. The highest BCUT2D eigenvalue weighted by atomic mass is 35.5. The molecule has 5 heteroatoms. The van der Waals surface area contributed by atoms with Gasteiger partial charge in [0.15, 0.2) is 11.5 Å². The lowest BCUT2D eigenvalue weighted by atomic mass is 10.3. The Balaban J connectivity index is 2.23. The van der Waals surface area contributed by atoms with Gasteiger partial charge in [-0.05, 0) is 19.1 Å². The fraction of sp³-hybridized carbons (Fsp3) is 0.182. The monoisotopic (exact) mass is 237 g/mol. The van der Waals surface area contributed by atoms with Gasteiger partial charge in [0.1, 0.15) is 0 Å². The predicted molar refractivity (Wildman–Crippen MR) is 63.8 cm³/mol. The minimum atomic E-state index is 0.438. The zero-order valence-corrected chi connectivity index (χ0v) is 9.61. The third-order valence-electron chi connectivity index (χ3n) is 2.17. The van der Waals surface area contributed by atoms with Crippen LogP contribution in [-0.4, -0.2) is 9.78 Å². The van der Waals surface area contributed by atoms with Crippen molar-refractivity contribution in [2.24, 2.45) is 0 Å². The Morgan fingerprint density at radius 3 is 3.00 bits per heavy atom. The molecule has 0 radical (unpaired) electrons. The van der Waals surface area contributed by atoms with Gasteiger partial charge in [-0.2, -0.15) is 5.10 Å². The number of nitrogen functional groups attached to an aromatic ring is 1. The number of halogens is 1. The molecule has 0 aliphatic carbocycles. The van der Waals surface area contributed by atoms with Crippen LogP contribution in [0.5, 0.6) is 11.5 Å². The number of benzene rings is 1. The number of hydrogen-bond donors (Lipinski definition) is 1. The molecule has 0 saturated heterocycles. The number of aryl methyl sites for hydroxylation is 1. The standard InChI is InChI=1S/C11H12ClN3O/c1-2-15-7-8(6-14-15)16-10-5-3-4-9(12)11(10)13/h3-7H,2,13H2,1H3. The number of aromatic nitrogens is 2. The van der Waals surface area contributed by atoms with Crippen LogP contribution in [0.2, 0.25) is 5.02 Å². The molecule has 2 aromatic rings. The third kappa shape index (κ3) is 2.12. The van der Waals surface area contributed by atoms with Gasteiger partial charge < -0.3 is 10.5 Å². The Hall–Kier alpha value is -1.68. The van der Waals surface area contributed by atoms with Gasteiger partial charge in [0, 0.05) is 6.54 Å². The van der Waals surface area contributed by atoms with Crippen LogP contribution < -0.4 is 10.5 Å². The fourth-order valence-electron chi connectivity index (χ4n) is 1.30. The van der Waals surface area contributed by atoms with Crippen LogP contribution in [0.3, 0.4) is 0 Å². The Labute approximate surface area is 98.6 Å². The van der Waals surface area contributed by atoms with Crippen molar-refractivity contribution in [3.8, 4) is 11.5 Å². The minimum absolute atomic E-state index is 0.438. The van der Waals surface area contributed by atoms with Gasteiger partial charge in [-0.1, -0.05) is 17.7 Å². The summed E-state index contributed by atoms with van der Waals surface area (Å²) in [5.41, 5.74) is 6.22. The van der Waals surface area contributed by atoms with Crippen LogP contribution in [0.4, 0.5) is 5.69 Å². The van der Waals surface area contributed by atoms with E-state index in [2.05, 4.69) is 5.10 Å². The average molecular weight is 238 g/mol. The van der Waals surface area contributed by atoms with Crippen molar-refractivity contribution >= 4 is 17.3 Å². The van der Waals surface area contributed by atoms with E-state index in [1.165, 1.54) is 0 Å². The van der Waals surface area contributed by atoms with Gasteiger partial charge in [-0.15, -0.1) is 0 Å². The molecule has 0 aliphatic heterocycles. The highest BCUT2D eigenvalue weighted by Crippen LogP contribution is 2.32. The van der Waals surface area contributed by atoms with Crippen LogP contribution in [0.25, 0.3) is 0 Å². The second-order valence-corrected chi connectivity index (χ2v) is 3.69. The SMILES string of the molecule is CCn1cc(Oc2cccc(Cl)c2N)cn1. The number of nitrogens with two attached hydrogens (primary N) is 1. The lowest BCUT2D eigenvalue weighted by Crippen LogP contribution is -1.93. The zero-order chi connectivity index (χ0) is 11.5. The van der Waals surface area contributed by atoms with Crippen LogP contribution in [0, 0.1) is 0 Å². The van der Waals surface area contributed by atoms with Crippen molar-refractivity contribution in [2.75, 3.05) is 5.73 Å². The largest absolute Gasteiger partial charge is 0.452 e. The van der Waals surface area contributed by atoms with E-state index in [0.29, 0.717) is 22.2 Å². The summed E-state index contributed by atoms with van der Waals surface area (Å²) in [5, 5.41) is 4.59. The molecule has 1 aromatic heterocycles. The van der Waals surface area contributed by atoms with Gasteiger partial charge in [0.2, 0.25) is 0 Å². The molecular weight excluding hydrogens is 226 g/mol. The molecule has 1 heterocycles. The normalized spacial score (nSPS) is 10.4. The maximum absolute atomic E-state index is 5.89. The van der Waals surface area contributed by atoms with Gasteiger partial charge >= 0.3 is 0 Å². The Morgan fingerprint density at radius 2 is 2.31 bits per heavy atom. The van der Waals surface area contributed by atoms with E-state index in [0.717, 1.165) is 6.54 Å². The second kappa shape index (κ2) is 4.45. The van der Waals surface area contributed by atoms with Crippen molar-refractivity contribution in [3.05, 3.63) is 35.6 Å². The average Bonchev–Trinajstić information content (AvgIpc) is 2.73. The molecule has 0 aliphatic rings. The lowest BCUT2D eigenvalue weighted by molar-refractivity contribution is 0.483. The lowest BCUT2D eigenvalue weighted by Gasteiger charge is -2.06. The molecule has 16 heavy (non-hydrogen) atoms. The number of hydrogen-bond acceptors (Lipinski definition) is 3. The van der Waals surface area contributed by atoms with Crippen molar-refractivity contribution in [1.29, 1.82) is 0 Å². The first-order valence-electron chi connectivity index (χ1n) is 4.95. The van der Waals surface area contributed by atoms with Crippen LogP contribution >= 0.6 is 11.6 Å². The van der Waals surface area contributed by atoms with E-state index in [4.69, 9.17) is 22.1 Å². The molecule has 0 atom stereocenters. The van der Waals surface area contributed by atoms with Crippen molar-refractivity contribution in [2.45, 2.75) is 13.5 Å². The molecule has 4 nitrogen and oxygen atoms in total. The summed E-state index contributed by atoms with van der Waals surface area (Å²) < 4.78 is 7.35. The first kappa shape index (κ1) is 10.8. The molecule has 2 rings (SSSR count). The fourth-order valence-corrected chi connectivity index (χ4v) is 1.47. The van der Waals surface area contributed by atoms with Crippen LogP contribution in [-0.2, 0) is 6.54 Å². The van der Waals surface area contributed by atoms with E-state index >= 15 is 0 Å². The number of anilines is 1. The molecule has 0 unspecified atom stereocenters. The molecular formula is C11H12ClN3O. The van der Waals surface area contributed by atoms with Gasteiger partial charge in [0.05, 0.1) is 23.1 Å². The van der Waals surface area contributed by atoms with E-state index in [1.807, 2.05) is 6.92 Å². The molecule has 2 N–H and O–H groups in total. The Morgan fingerprint density at radius 1 is 1.50 bits per heavy atom. The maximum Gasteiger partial charge on any atom is 0.165 e. The van der Waals surface area contributed by atoms with Crippen molar-refractivity contribution in [1.82, 2.24) is 9.78 Å². The van der Waals surface area contributed by atoms with Gasteiger partial charge in [-0.3, -0.25) is 4.68 Å². The van der Waals surface area contributed by atoms with Crippen LogP contribution in [0.1, 0.15) is 6.92 Å². The summed E-state index contributed by atoms with van der Waals surface area (Å²) >= 11 is 5.89. The summed E-state index contributed by atoms with van der Waals surface area (Å²) in [5.74, 6) is 1.19. The first-order valence-corrected chi connectivity index (χ1v) is 5.32. The molecule has 0 fully saturated rings. The molecule has 0 bridgehead atoms. The van der Waals surface area contributed by atoms with Gasteiger partial charge in [-0.25, -0.2) is 0 Å². The molecule has 0 spiro atoms. The van der Waals surface area contributed by atoms with E-state index < -0.39 is 0 Å². The Kier molecular flexibility index (Phi) is 3.01. The number of nitrogens with zero attached hydrogens (tertiary/aromatic N) is 2. The van der Waals surface area contributed by atoms with E-state index in [9.17, 15) is 0 Å². The summed E-state index contributed by atoms with van der Waals surface area (Å²) in [7, 11) is 0. The van der Waals surface area contributed by atoms with E-state index in [-0.39, 0.29) is 0 Å². The molecule has 0 saturated carbocycles. The summed E-state index contributed by atoms with van der Waals surface area (Å²) in [6.07, 6.45) is 3.45. The first-order chi connectivity index (χ1) is 7.70. The summed E-state index contributed by atoms with van der Waals surface area (Å²) in [6.45, 7) is 2.80. The topological polar surface area (TPSA) is 53.1 Å². The van der Waals surface area contributed by atoms with Crippen molar-refractivity contribution in [3.63, 3.8) is 0 Å². The highest BCUT2D eigenvalue weighted by molar-refractivity contribution is 6.33. The molecule has 0 amide bonds. The van der Waals surface area contributed by atoms with E-state index in [1.54, 1.807) is 35.3 Å². The molecule has 84 valence electrons.